The van der Waals surface area contributed by atoms with E-state index in [9.17, 15) is 9.59 Å². The molecule has 1 aromatic heterocycles. The SMILES string of the molecule is O=C(CCCn1sc2ccccc2c1=O)NC1CCCC1. The third-order valence-electron chi connectivity index (χ3n) is 4.04. The van der Waals surface area contributed by atoms with E-state index in [1.165, 1.54) is 24.4 Å². The highest BCUT2D eigenvalue weighted by atomic mass is 32.1. The summed E-state index contributed by atoms with van der Waals surface area (Å²) in [5.41, 5.74) is 0.0619. The van der Waals surface area contributed by atoms with Crippen LogP contribution in [0.5, 0.6) is 0 Å². The highest BCUT2D eigenvalue weighted by molar-refractivity contribution is 7.13. The number of fused-ring (bicyclic) bond motifs is 1. The second-order valence-corrected chi connectivity index (χ2v) is 6.71. The van der Waals surface area contributed by atoms with Gasteiger partial charge in [-0.2, -0.15) is 0 Å². The third kappa shape index (κ3) is 3.35. The molecule has 0 radical (unpaired) electrons. The molecule has 0 unspecified atom stereocenters. The monoisotopic (exact) mass is 304 g/mol. The molecule has 112 valence electrons. The van der Waals surface area contributed by atoms with Crippen molar-refractivity contribution in [1.29, 1.82) is 0 Å². The van der Waals surface area contributed by atoms with Crippen molar-refractivity contribution in [2.45, 2.75) is 51.1 Å². The van der Waals surface area contributed by atoms with Gasteiger partial charge in [-0.1, -0.05) is 36.5 Å². The van der Waals surface area contributed by atoms with Crippen LogP contribution in [0.3, 0.4) is 0 Å². The van der Waals surface area contributed by atoms with Crippen molar-refractivity contribution in [1.82, 2.24) is 9.27 Å². The van der Waals surface area contributed by atoms with E-state index in [4.69, 9.17) is 0 Å². The second-order valence-electron chi connectivity index (χ2n) is 5.65. The molecule has 0 saturated heterocycles. The predicted octanol–water partition coefficient (Wildman–Crippen LogP) is 2.90. The van der Waals surface area contributed by atoms with Crippen LogP contribution in [0.2, 0.25) is 0 Å². The summed E-state index contributed by atoms with van der Waals surface area (Å²) < 4.78 is 2.77. The lowest BCUT2D eigenvalue weighted by molar-refractivity contribution is -0.121. The number of aryl methyl sites for hydroxylation is 1. The van der Waals surface area contributed by atoms with Crippen molar-refractivity contribution in [3.05, 3.63) is 34.6 Å². The van der Waals surface area contributed by atoms with E-state index >= 15 is 0 Å². The molecular formula is C16H20N2O2S. The van der Waals surface area contributed by atoms with E-state index in [-0.39, 0.29) is 11.5 Å². The number of aromatic nitrogens is 1. The van der Waals surface area contributed by atoms with E-state index in [0.29, 0.717) is 25.4 Å². The topological polar surface area (TPSA) is 51.1 Å². The fraction of sp³-hybridized carbons (Fsp3) is 0.500. The summed E-state index contributed by atoms with van der Waals surface area (Å²) in [6, 6.07) is 8.03. The number of carbonyl (C=O) groups excluding carboxylic acids is 1. The fourth-order valence-corrected chi connectivity index (χ4v) is 3.95. The van der Waals surface area contributed by atoms with Crippen LogP contribution < -0.4 is 10.9 Å². The minimum absolute atomic E-state index is 0.0619. The van der Waals surface area contributed by atoms with Crippen molar-refractivity contribution in [2.75, 3.05) is 0 Å². The lowest BCUT2D eigenvalue weighted by Crippen LogP contribution is -2.32. The van der Waals surface area contributed by atoms with Gasteiger partial charge in [0.15, 0.2) is 0 Å². The zero-order valence-electron chi connectivity index (χ0n) is 12.0. The van der Waals surface area contributed by atoms with E-state index in [2.05, 4.69) is 5.32 Å². The van der Waals surface area contributed by atoms with Gasteiger partial charge in [-0.3, -0.25) is 13.5 Å². The first-order chi connectivity index (χ1) is 10.2. The van der Waals surface area contributed by atoms with Gasteiger partial charge in [0.05, 0.1) is 10.1 Å². The van der Waals surface area contributed by atoms with Gasteiger partial charge in [-0.05, 0) is 31.4 Å². The first kappa shape index (κ1) is 14.3. The molecule has 1 fully saturated rings. The van der Waals surface area contributed by atoms with Crippen LogP contribution in [0.4, 0.5) is 0 Å². The molecule has 1 aliphatic rings. The highest BCUT2D eigenvalue weighted by Crippen LogP contribution is 2.18. The van der Waals surface area contributed by atoms with Crippen LogP contribution in [0.1, 0.15) is 38.5 Å². The lowest BCUT2D eigenvalue weighted by atomic mass is 10.2. The maximum atomic E-state index is 12.2. The molecule has 0 atom stereocenters. The van der Waals surface area contributed by atoms with E-state index in [1.807, 2.05) is 24.3 Å². The first-order valence-electron chi connectivity index (χ1n) is 7.62. The number of benzene rings is 1. The molecule has 2 aromatic rings. The zero-order valence-corrected chi connectivity index (χ0v) is 12.8. The Bertz CT molecular complexity index is 683. The van der Waals surface area contributed by atoms with Crippen molar-refractivity contribution in [2.24, 2.45) is 0 Å². The molecule has 3 rings (SSSR count). The van der Waals surface area contributed by atoms with Crippen molar-refractivity contribution in [3.8, 4) is 0 Å². The number of hydrogen-bond acceptors (Lipinski definition) is 3. The van der Waals surface area contributed by atoms with E-state index in [1.54, 1.807) is 3.96 Å². The molecule has 0 aliphatic heterocycles. The van der Waals surface area contributed by atoms with Gasteiger partial charge >= 0.3 is 0 Å². The number of rotatable bonds is 5. The third-order valence-corrected chi connectivity index (χ3v) is 5.16. The summed E-state index contributed by atoms with van der Waals surface area (Å²) in [4.78, 5) is 24.0. The lowest BCUT2D eigenvalue weighted by Gasteiger charge is -2.11. The zero-order chi connectivity index (χ0) is 14.7. The summed E-state index contributed by atoms with van der Waals surface area (Å²) in [5.74, 6) is 0.121. The average Bonchev–Trinajstić information content (AvgIpc) is 3.09. The van der Waals surface area contributed by atoms with Gasteiger partial charge in [0.2, 0.25) is 5.91 Å². The number of nitrogens with zero attached hydrogens (tertiary/aromatic N) is 1. The maximum absolute atomic E-state index is 12.2. The summed E-state index contributed by atoms with van der Waals surface area (Å²) in [5, 5.41) is 3.86. The van der Waals surface area contributed by atoms with Gasteiger partial charge in [0.1, 0.15) is 0 Å². The average molecular weight is 304 g/mol. The van der Waals surface area contributed by atoms with Crippen LogP contribution in [-0.4, -0.2) is 15.9 Å². The Morgan fingerprint density at radius 1 is 1.29 bits per heavy atom. The number of amides is 1. The van der Waals surface area contributed by atoms with Crippen molar-refractivity contribution in [3.63, 3.8) is 0 Å². The second kappa shape index (κ2) is 6.43. The molecule has 21 heavy (non-hydrogen) atoms. The van der Waals surface area contributed by atoms with Gasteiger partial charge in [-0.15, -0.1) is 0 Å². The van der Waals surface area contributed by atoms with Gasteiger partial charge < -0.3 is 5.32 Å². The Hall–Kier alpha value is -1.62. The normalized spacial score (nSPS) is 15.6. The van der Waals surface area contributed by atoms with Crippen molar-refractivity contribution < 1.29 is 4.79 Å². The van der Waals surface area contributed by atoms with Crippen LogP contribution in [0.25, 0.3) is 10.1 Å². The molecule has 1 N–H and O–H groups in total. The standard InChI is InChI=1S/C16H20N2O2S/c19-15(17-12-6-1-2-7-12)10-5-11-18-16(20)13-8-3-4-9-14(13)21-18/h3-4,8-9,12H,1-2,5-7,10-11H2,(H,17,19). The summed E-state index contributed by atoms with van der Waals surface area (Å²) in [6.45, 7) is 0.621. The number of carbonyl (C=O) groups is 1. The Labute approximate surface area is 127 Å². The largest absolute Gasteiger partial charge is 0.353 e. The molecule has 1 saturated carbocycles. The van der Waals surface area contributed by atoms with Crippen molar-refractivity contribution >= 4 is 27.5 Å². The van der Waals surface area contributed by atoms with E-state index < -0.39 is 0 Å². The smallest absolute Gasteiger partial charge is 0.268 e. The molecule has 1 amide bonds. The molecule has 0 bridgehead atoms. The Morgan fingerprint density at radius 3 is 2.81 bits per heavy atom. The number of hydrogen-bond donors (Lipinski definition) is 1. The van der Waals surface area contributed by atoms with Gasteiger partial charge in [0.25, 0.3) is 5.56 Å². The molecule has 1 aromatic carbocycles. The minimum Gasteiger partial charge on any atom is -0.353 e. The first-order valence-corrected chi connectivity index (χ1v) is 8.39. The van der Waals surface area contributed by atoms with Crippen LogP contribution in [0, 0.1) is 0 Å². The molecule has 5 heteroatoms. The maximum Gasteiger partial charge on any atom is 0.268 e. The van der Waals surface area contributed by atoms with Crippen LogP contribution in [0.15, 0.2) is 29.1 Å². The van der Waals surface area contributed by atoms with Crippen LogP contribution >= 0.6 is 11.5 Å². The molecule has 4 nitrogen and oxygen atoms in total. The van der Waals surface area contributed by atoms with E-state index in [0.717, 1.165) is 22.9 Å². The molecular weight excluding hydrogens is 284 g/mol. The fourth-order valence-electron chi connectivity index (χ4n) is 2.92. The summed E-state index contributed by atoms with van der Waals surface area (Å²) in [6.07, 6.45) is 5.88. The Balaban J connectivity index is 1.53. The highest BCUT2D eigenvalue weighted by Gasteiger charge is 2.16. The quantitative estimate of drug-likeness (QED) is 0.923. The summed E-state index contributed by atoms with van der Waals surface area (Å²) in [7, 11) is 0. The predicted molar refractivity (Wildman–Crippen MR) is 85.7 cm³/mol. The Morgan fingerprint density at radius 2 is 2.05 bits per heavy atom. The van der Waals surface area contributed by atoms with Gasteiger partial charge in [-0.25, -0.2) is 0 Å². The molecule has 1 aliphatic carbocycles. The summed E-state index contributed by atoms with van der Waals surface area (Å²) >= 11 is 1.48. The molecule has 1 heterocycles. The Kier molecular flexibility index (Phi) is 4.39. The minimum atomic E-state index is 0.0619. The molecule has 0 spiro atoms. The number of nitrogens with one attached hydrogen (secondary N) is 1. The van der Waals surface area contributed by atoms with Crippen LogP contribution in [-0.2, 0) is 11.3 Å². The van der Waals surface area contributed by atoms with Gasteiger partial charge in [0, 0.05) is 19.0 Å².